The number of nitrogens with zero attached hydrogens (tertiary/aromatic N) is 1. The summed E-state index contributed by atoms with van der Waals surface area (Å²) >= 11 is 3.31. The lowest BCUT2D eigenvalue weighted by Crippen LogP contribution is -2.04. The van der Waals surface area contributed by atoms with Gasteiger partial charge < -0.3 is 14.6 Å². The van der Waals surface area contributed by atoms with Gasteiger partial charge in [-0.25, -0.2) is 0 Å². The summed E-state index contributed by atoms with van der Waals surface area (Å²) < 4.78 is 11.3. The van der Waals surface area contributed by atoms with Crippen molar-refractivity contribution in [2.45, 2.75) is 6.10 Å². The van der Waals surface area contributed by atoms with Gasteiger partial charge >= 0.3 is 0 Å². The molecule has 19 heavy (non-hydrogen) atoms. The van der Waals surface area contributed by atoms with Gasteiger partial charge in [-0.05, 0) is 40.2 Å². The number of aliphatic hydroxyl groups excluding tert-OH is 1. The van der Waals surface area contributed by atoms with E-state index in [0.717, 1.165) is 4.47 Å². The minimum absolute atomic E-state index is 0.562. The molecule has 5 heteroatoms. The molecule has 0 aliphatic rings. The molecule has 0 aliphatic heterocycles. The summed E-state index contributed by atoms with van der Waals surface area (Å²) in [7, 11) is 3.14. The van der Waals surface area contributed by atoms with Gasteiger partial charge in [-0.3, -0.25) is 4.98 Å². The molecule has 100 valence electrons. The molecule has 0 saturated heterocycles. The number of aliphatic hydroxyl groups is 1. The van der Waals surface area contributed by atoms with Gasteiger partial charge in [-0.2, -0.15) is 0 Å². The maximum atomic E-state index is 10.4. The van der Waals surface area contributed by atoms with Crippen molar-refractivity contribution in [3.63, 3.8) is 0 Å². The topological polar surface area (TPSA) is 51.6 Å². The Balaban J connectivity index is 2.37. The molecule has 0 bridgehead atoms. The van der Waals surface area contributed by atoms with Gasteiger partial charge in [-0.1, -0.05) is 0 Å². The molecule has 0 aliphatic carbocycles. The molecule has 2 rings (SSSR count). The zero-order chi connectivity index (χ0) is 13.8. The third kappa shape index (κ3) is 3.05. The van der Waals surface area contributed by atoms with E-state index >= 15 is 0 Å². The predicted molar refractivity (Wildman–Crippen MR) is 75.5 cm³/mol. The zero-order valence-corrected chi connectivity index (χ0v) is 12.2. The Morgan fingerprint density at radius 2 is 1.95 bits per heavy atom. The summed E-state index contributed by atoms with van der Waals surface area (Å²) in [6, 6.07) is 8.88. The lowest BCUT2D eigenvalue weighted by molar-refractivity contribution is 0.209. The number of methoxy groups -OCH3 is 2. The largest absolute Gasteiger partial charge is 0.497 e. The second-order valence-electron chi connectivity index (χ2n) is 3.91. The van der Waals surface area contributed by atoms with Gasteiger partial charge in [0.25, 0.3) is 0 Å². The van der Waals surface area contributed by atoms with Crippen LogP contribution >= 0.6 is 15.9 Å². The smallest absolute Gasteiger partial charge is 0.128 e. The monoisotopic (exact) mass is 323 g/mol. The molecule has 1 aromatic carbocycles. The average molecular weight is 324 g/mol. The van der Waals surface area contributed by atoms with Crippen molar-refractivity contribution in [3.8, 4) is 11.5 Å². The van der Waals surface area contributed by atoms with E-state index in [-0.39, 0.29) is 0 Å². The number of aromatic nitrogens is 1. The fourth-order valence-corrected chi connectivity index (χ4v) is 1.99. The van der Waals surface area contributed by atoms with E-state index in [9.17, 15) is 5.11 Å². The molecule has 1 unspecified atom stereocenters. The molecule has 0 spiro atoms. The Morgan fingerprint density at radius 1 is 1.16 bits per heavy atom. The number of rotatable bonds is 4. The van der Waals surface area contributed by atoms with Crippen molar-refractivity contribution in [2.75, 3.05) is 14.2 Å². The van der Waals surface area contributed by atoms with Crippen LogP contribution in [-0.4, -0.2) is 24.3 Å². The van der Waals surface area contributed by atoms with Gasteiger partial charge in [0.05, 0.1) is 19.9 Å². The highest BCUT2D eigenvalue weighted by Crippen LogP contribution is 2.32. The second kappa shape index (κ2) is 6.04. The van der Waals surface area contributed by atoms with Gasteiger partial charge in [0.2, 0.25) is 0 Å². The fourth-order valence-electron chi connectivity index (χ4n) is 1.75. The summed E-state index contributed by atoms with van der Waals surface area (Å²) in [6.07, 6.45) is 0.808. The highest BCUT2D eigenvalue weighted by Gasteiger charge is 2.17. The van der Waals surface area contributed by atoms with Crippen LogP contribution in [0.2, 0.25) is 0 Å². The van der Waals surface area contributed by atoms with Crippen LogP contribution in [0.25, 0.3) is 0 Å². The highest BCUT2D eigenvalue weighted by molar-refractivity contribution is 9.10. The van der Waals surface area contributed by atoms with Crippen LogP contribution in [0.5, 0.6) is 11.5 Å². The first-order valence-corrected chi connectivity index (χ1v) is 6.46. The van der Waals surface area contributed by atoms with Crippen LogP contribution in [0.3, 0.4) is 0 Å². The molecule has 0 amide bonds. The van der Waals surface area contributed by atoms with Crippen LogP contribution in [-0.2, 0) is 0 Å². The summed E-state index contributed by atoms with van der Waals surface area (Å²) in [5.74, 6) is 1.24. The van der Waals surface area contributed by atoms with Crippen molar-refractivity contribution in [1.82, 2.24) is 4.98 Å². The molecule has 2 aromatic rings. The number of benzene rings is 1. The van der Waals surface area contributed by atoms with Crippen LogP contribution in [0.15, 0.2) is 41.0 Å². The summed E-state index contributed by atoms with van der Waals surface area (Å²) in [5, 5.41) is 10.4. The van der Waals surface area contributed by atoms with Gasteiger partial charge in [-0.15, -0.1) is 0 Å². The van der Waals surface area contributed by atoms with E-state index in [1.807, 2.05) is 6.07 Å². The van der Waals surface area contributed by atoms with Crippen molar-refractivity contribution >= 4 is 15.9 Å². The van der Waals surface area contributed by atoms with E-state index in [0.29, 0.717) is 22.8 Å². The van der Waals surface area contributed by atoms with E-state index in [2.05, 4.69) is 20.9 Å². The standard InChI is InChI=1S/C14H14BrNO3/c1-18-10-4-5-11(13(7-10)19-2)14(17)12-6-3-9(15)8-16-12/h3-8,14,17H,1-2H3. The molecule has 1 atom stereocenters. The number of hydrogen-bond acceptors (Lipinski definition) is 4. The van der Waals surface area contributed by atoms with Crippen LogP contribution < -0.4 is 9.47 Å². The molecule has 1 heterocycles. The molecule has 1 aromatic heterocycles. The van der Waals surface area contributed by atoms with Crippen molar-refractivity contribution in [2.24, 2.45) is 0 Å². The van der Waals surface area contributed by atoms with Gasteiger partial charge in [0.1, 0.15) is 17.6 Å². The minimum Gasteiger partial charge on any atom is -0.497 e. The van der Waals surface area contributed by atoms with Crippen molar-refractivity contribution in [3.05, 3.63) is 52.3 Å². The summed E-state index contributed by atoms with van der Waals surface area (Å²) in [6.45, 7) is 0. The Bertz CT molecular complexity index is 557. The first-order chi connectivity index (χ1) is 9.15. The second-order valence-corrected chi connectivity index (χ2v) is 4.83. The lowest BCUT2D eigenvalue weighted by atomic mass is 10.0. The fraction of sp³-hybridized carbons (Fsp3) is 0.214. The first kappa shape index (κ1) is 13.8. The molecular formula is C14H14BrNO3. The quantitative estimate of drug-likeness (QED) is 0.939. The Hall–Kier alpha value is -1.59. The maximum absolute atomic E-state index is 10.4. The van der Waals surface area contributed by atoms with Crippen LogP contribution in [0.1, 0.15) is 17.4 Å². The molecular weight excluding hydrogens is 310 g/mol. The summed E-state index contributed by atoms with van der Waals surface area (Å²) in [5.41, 5.74) is 1.21. The van der Waals surface area contributed by atoms with Gasteiger partial charge in [0, 0.05) is 22.3 Å². The predicted octanol–water partition coefficient (Wildman–Crippen LogP) is 2.94. The maximum Gasteiger partial charge on any atom is 0.128 e. The zero-order valence-electron chi connectivity index (χ0n) is 10.6. The van der Waals surface area contributed by atoms with E-state index in [1.54, 1.807) is 44.7 Å². The first-order valence-electron chi connectivity index (χ1n) is 5.67. The van der Waals surface area contributed by atoms with Gasteiger partial charge in [0.15, 0.2) is 0 Å². The van der Waals surface area contributed by atoms with Crippen molar-refractivity contribution in [1.29, 1.82) is 0 Å². The third-order valence-corrected chi connectivity index (χ3v) is 3.23. The van der Waals surface area contributed by atoms with Crippen molar-refractivity contribution < 1.29 is 14.6 Å². The Kier molecular flexibility index (Phi) is 4.39. The molecule has 0 radical (unpaired) electrons. The van der Waals surface area contributed by atoms with E-state index in [4.69, 9.17) is 9.47 Å². The summed E-state index contributed by atoms with van der Waals surface area (Å²) in [4.78, 5) is 4.19. The normalized spacial score (nSPS) is 12.0. The lowest BCUT2D eigenvalue weighted by Gasteiger charge is -2.15. The molecule has 1 N–H and O–H groups in total. The number of pyridine rings is 1. The van der Waals surface area contributed by atoms with E-state index in [1.165, 1.54) is 0 Å². The average Bonchev–Trinajstić information content (AvgIpc) is 2.46. The molecule has 0 saturated carbocycles. The van der Waals surface area contributed by atoms with Crippen LogP contribution in [0, 0.1) is 0 Å². The SMILES string of the molecule is COc1ccc(C(O)c2ccc(Br)cn2)c(OC)c1. The number of ether oxygens (including phenoxy) is 2. The number of hydrogen-bond donors (Lipinski definition) is 1. The molecule has 0 fully saturated rings. The van der Waals surface area contributed by atoms with E-state index < -0.39 is 6.10 Å². The minimum atomic E-state index is -0.839. The third-order valence-electron chi connectivity index (χ3n) is 2.77. The Labute approximate surface area is 120 Å². The Morgan fingerprint density at radius 3 is 2.53 bits per heavy atom. The highest BCUT2D eigenvalue weighted by atomic mass is 79.9. The number of halogens is 1. The molecule has 4 nitrogen and oxygen atoms in total. The van der Waals surface area contributed by atoms with Crippen LogP contribution in [0.4, 0.5) is 0 Å².